The maximum atomic E-state index is 12.6. The van der Waals surface area contributed by atoms with E-state index in [-0.39, 0.29) is 18.2 Å². The Morgan fingerprint density at radius 1 is 1.00 bits per heavy atom. The van der Waals surface area contributed by atoms with Crippen LogP contribution in [0.2, 0.25) is 0 Å². The Labute approximate surface area is 120 Å². The summed E-state index contributed by atoms with van der Waals surface area (Å²) in [5.74, 6) is -2.26. The number of nitrogens with one attached hydrogen (secondary N) is 1. The molecule has 3 N–H and O–H groups in total. The molecule has 1 atom stereocenters. The minimum Gasteiger partial charge on any atom is -0.368 e. The van der Waals surface area contributed by atoms with Crippen molar-refractivity contribution < 1.29 is 35.9 Å². The molecule has 0 spiro atoms. The summed E-state index contributed by atoms with van der Waals surface area (Å²) in [4.78, 5) is 22.4. The average Bonchev–Trinajstić information content (AvgIpc) is 2.35. The first-order valence-electron chi connectivity index (χ1n) is 5.72. The third kappa shape index (κ3) is 4.37. The number of carbonyl (C=O) groups is 2. The third-order valence-electron chi connectivity index (χ3n) is 2.62. The average molecular weight is 328 g/mol. The van der Waals surface area contributed by atoms with Gasteiger partial charge in [-0.05, 0) is 25.1 Å². The number of nitrogens with two attached hydrogens (primary N) is 1. The molecule has 0 aromatic heterocycles. The SMILES string of the molecule is C[C@H](NC(=O)c1cc(C(F)(F)F)cc(C(F)(F)F)c1)C(N)=O. The van der Waals surface area contributed by atoms with Gasteiger partial charge in [0.15, 0.2) is 0 Å². The first kappa shape index (κ1) is 17.8. The number of amides is 2. The van der Waals surface area contributed by atoms with Crippen molar-refractivity contribution in [1.29, 1.82) is 0 Å². The smallest absolute Gasteiger partial charge is 0.368 e. The number of hydrogen-bond donors (Lipinski definition) is 2. The summed E-state index contributed by atoms with van der Waals surface area (Å²) in [7, 11) is 0. The second-order valence-electron chi connectivity index (χ2n) is 4.39. The predicted octanol–water partition coefficient (Wildman–Crippen LogP) is 2.33. The summed E-state index contributed by atoms with van der Waals surface area (Å²) in [5, 5.41) is 1.90. The first-order chi connectivity index (χ1) is 9.82. The summed E-state index contributed by atoms with van der Waals surface area (Å²) in [6, 6.07) is -0.832. The van der Waals surface area contributed by atoms with Crippen LogP contribution >= 0.6 is 0 Å². The maximum absolute atomic E-state index is 12.6. The topological polar surface area (TPSA) is 72.2 Å². The second-order valence-corrected chi connectivity index (χ2v) is 4.39. The van der Waals surface area contributed by atoms with Crippen molar-refractivity contribution in [3.63, 3.8) is 0 Å². The molecule has 0 radical (unpaired) electrons. The zero-order valence-electron chi connectivity index (χ0n) is 11.0. The lowest BCUT2D eigenvalue weighted by molar-refractivity contribution is -0.143. The Morgan fingerprint density at radius 2 is 1.41 bits per heavy atom. The normalized spacial score (nSPS) is 13.6. The van der Waals surface area contributed by atoms with Crippen molar-refractivity contribution in [3.8, 4) is 0 Å². The predicted molar refractivity (Wildman–Crippen MR) is 62.6 cm³/mol. The largest absolute Gasteiger partial charge is 0.416 e. The van der Waals surface area contributed by atoms with Gasteiger partial charge >= 0.3 is 12.4 Å². The number of primary amides is 1. The van der Waals surface area contributed by atoms with Gasteiger partial charge in [-0.15, -0.1) is 0 Å². The molecule has 4 nitrogen and oxygen atoms in total. The summed E-state index contributed by atoms with van der Waals surface area (Å²) in [6.07, 6.45) is -10.1. The fourth-order valence-corrected chi connectivity index (χ4v) is 1.44. The number of rotatable bonds is 3. The highest BCUT2D eigenvalue weighted by atomic mass is 19.4. The number of benzene rings is 1. The number of halogens is 6. The molecule has 0 bridgehead atoms. The molecule has 0 aliphatic rings. The summed E-state index contributed by atoms with van der Waals surface area (Å²) >= 11 is 0. The molecule has 1 aromatic carbocycles. The third-order valence-corrected chi connectivity index (χ3v) is 2.62. The van der Waals surface area contributed by atoms with Crippen LogP contribution in [0, 0.1) is 0 Å². The van der Waals surface area contributed by atoms with Crippen molar-refractivity contribution >= 4 is 11.8 Å². The highest BCUT2D eigenvalue weighted by Gasteiger charge is 2.37. The maximum Gasteiger partial charge on any atom is 0.416 e. The molecule has 1 aromatic rings. The van der Waals surface area contributed by atoms with E-state index in [0.29, 0.717) is 0 Å². The van der Waals surface area contributed by atoms with E-state index in [4.69, 9.17) is 5.73 Å². The zero-order valence-corrected chi connectivity index (χ0v) is 11.0. The van der Waals surface area contributed by atoms with Gasteiger partial charge in [0.25, 0.3) is 5.91 Å². The van der Waals surface area contributed by atoms with E-state index in [9.17, 15) is 35.9 Å². The van der Waals surface area contributed by atoms with Crippen LogP contribution < -0.4 is 11.1 Å². The van der Waals surface area contributed by atoms with Gasteiger partial charge in [-0.1, -0.05) is 0 Å². The Kier molecular flexibility index (Phi) is 4.73. The van der Waals surface area contributed by atoms with Gasteiger partial charge in [0.1, 0.15) is 6.04 Å². The fraction of sp³-hybridized carbons (Fsp3) is 0.333. The quantitative estimate of drug-likeness (QED) is 0.836. The van der Waals surface area contributed by atoms with Crippen LogP contribution in [-0.4, -0.2) is 17.9 Å². The summed E-state index contributed by atoms with van der Waals surface area (Å²) in [5.41, 5.74) is 0.716. The molecule has 1 rings (SSSR count). The van der Waals surface area contributed by atoms with E-state index >= 15 is 0 Å². The van der Waals surface area contributed by atoms with Gasteiger partial charge in [-0.2, -0.15) is 26.3 Å². The van der Waals surface area contributed by atoms with Gasteiger partial charge < -0.3 is 11.1 Å². The lowest BCUT2D eigenvalue weighted by Gasteiger charge is -2.15. The molecule has 22 heavy (non-hydrogen) atoms. The lowest BCUT2D eigenvalue weighted by atomic mass is 10.0. The van der Waals surface area contributed by atoms with Crippen LogP contribution in [0.25, 0.3) is 0 Å². The van der Waals surface area contributed by atoms with Crippen molar-refractivity contribution in [1.82, 2.24) is 5.32 Å². The molecular weight excluding hydrogens is 318 g/mol. The van der Waals surface area contributed by atoms with Gasteiger partial charge in [0.2, 0.25) is 5.91 Å². The van der Waals surface area contributed by atoms with Gasteiger partial charge in [-0.3, -0.25) is 9.59 Å². The molecule has 0 aliphatic carbocycles. The second kappa shape index (κ2) is 5.85. The Morgan fingerprint density at radius 3 is 1.73 bits per heavy atom. The van der Waals surface area contributed by atoms with Crippen molar-refractivity contribution in [2.24, 2.45) is 5.73 Å². The van der Waals surface area contributed by atoms with Crippen LogP contribution in [0.1, 0.15) is 28.4 Å². The minimum absolute atomic E-state index is 0.103. The summed E-state index contributed by atoms with van der Waals surface area (Å²) < 4.78 is 75.7. The standard InChI is InChI=1S/C12H10F6N2O2/c1-5(9(19)21)20-10(22)6-2-7(11(13,14)15)4-8(3-6)12(16,17)18/h2-5H,1H3,(H2,19,21)(H,20,22)/t5-/m0/s1. The van der Waals surface area contributed by atoms with E-state index in [2.05, 4.69) is 0 Å². The van der Waals surface area contributed by atoms with E-state index in [0.717, 1.165) is 6.92 Å². The Balaban J connectivity index is 3.30. The highest BCUT2D eigenvalue weighted by molar-refractivity contribution is 5.97. The van der Waals surface area contributed by atoms with Gasteiger partial charge in [0.05, 0.1) is 11.1 Å². The van der Waals surface area contributed by atoms with E-state index in [1.807, 2.05) is 5.32 Å². The molecule has 10 heteroatoms. The molecule has 0 saturated heterocycles. The van der Waals surface area contributed by atoms with Crippen LogP contribution in [-0.2, 0) is 17.1 Å². The van der Waals surface area contributed by atoms with E-state index < -0.39 is 46.9 Å². The number of hydrogen-bond acceptors (Lipinski definition) is 2. The van der Waals surface area contributed by atoms with Gasteiger partial charge in [0, 0.05) is 5.56 Å². The Hall–Kier alpha value is -2.26. The van der Waals surface area contributed by atoms with Crippen LogP contribution in [0.5, 0.6) is 0 Å². The number of carbonyl (C=O) groups excluding carboxylic acids is 2. The molecule has 0 unspecified atom stereocenters. The monoisotopic (exact) mass is 328 g/mol. The van der Waals surface area contributed by atoms with Crippen LogP contribution in [0.15, 0.2) is 18.2 Å². The van der Waals surface area contributed by atoms with E-state index in [1.54, 1.807) is 0 Å². The molecule has 0 aliphatic heterocycles. The molecular formula is C12H10F6N2O2. The van der Waals surface area contributed by atoms with Crippen LogP contribution in [0.3, 0.4) is 0 Å². The first-order valence-corrected chi connectivity index (χ1v) is 5.72. The number of alkyl halides is 6. The molecule has 0 heterocycles. The van der Waals surface area contributed by atoms with Crippen molar-refractivity contribution in [2.75, 3.05) is 0 Å². The molecule has 0 saturated carbocycles. The molecule has 122 valence electrons. The zero-order chi connectivity index (χ0) is 17.3. The summed E-state index contributed by atoms with van der Waals surface area (Å²) in [6.45, 7) is 1.14. The van der Waals surface area contributed by atoms with Crippen molar-refractivity contribution in [3.05, 3.63) is 34.9 Å². The van der Waals surface area contributed by atoms with E-state index in [1.165, 1.54) is 0 Å². The molecule has 2 amide bonds. The van der Waals surface area contributed by atoms with Gasteiger partial charge in [-0.25, -0.2) is 0 Å². The highest BCUT2D eigenvalue weighted by Crippen LogP contribution is 2.36. The fourth-order valence-electron chi connectivity index (χ4n) is 1.44. The Bertz CT molecular complexity index is 562. The van der Waals surface area contributed by atoms with Crippen LogP contribution in [0.4, 0.5) is 26.3 Å². The van der Waals surface area contributed by atoms with Crippen molar-refractivity contribution in [2.45, 2.75) is 25.3 Å². The lowest BCUT2D eigenvalue weighted by Crippen LogP contribution is -2.42. The minimum atomic E-state index is -5.06. The molecule has 0 fully saturated rings.